The second-order valence-electron chi connectivity index (χ2n) is 8.51. The number of piperidine rings is 2. The van der Waals surface area contributed by atoms with Gasteiger partial charge in [-0.05, 0) is 69.8 Å². The fraction of sp³-hybridized carbons (Fsp3) is 0.682. The van der Waals surface area contributed by atoms with Crippen LogP contribution >= 0.6 is 11.3 Å². The number of hydrogen-bond donors (Lipinski definition) is 0. The first-order chi connectivity index (χ1) is 13.3. The maximum atomic E-state index is 6.34. The number of hydrogen-bond acceptors (Lipinski definition) is 5. The number of nitrogens with zero attached hydrogens (tertiary/aromatic N) is 3. The minimum Gasteiger partial charge on any atom is -0.490 e. The maximum Gasteiger partial charge on any atom is 0.121 e. The van der Waals surface area contributed by atoms with Crippen LogP contribution in [-0.2, 0) is 6.54 Å². The molecule has 0 N–H and O–H groups in total. The second-order valence-corrected chi connectivity index (χ2v) is 9.63. The van der Waals surface area contributed by atoms with Crippen molar-refractivity contribution >= 4 is 21.6 Å². The van der Waals surface area contributed by atoms with E-state index < -0.39 is 0 Å². The van der Waals surface area contributed by atoms with E-state index in [0.717, 1.165) is 36.7 Å². The van der Waals surface area contributed by atoms with Crippen molar-refractivity contribution in [3.05, 3.63) is 23.2 Å². The first-order valence-corrected chi connectivity index (χ1v) is 11.7. The topological polar surface area (TPSA) is 28.6 Å². The van der Waals surface area contributed by atoms with Crippen LogP contribution in [0.3, 0.4) is 0 Å². The van der Waals surface area contributed by atoms with Crippen LogP contribution in [0.4, 0.5) is 0 Å². The van der Waals surface area contributed by atoms with Gasteiger partial charge in [0.1, 0.15) is 16.9 Å². The summed E-state index contributed by atoms with van der Waals surface area (Å²) < 4.78 is 7.61. The molecule has 0 spiro atoms. The fourth-order valence-corrected chi connectivity index (χ4v) is 5.74. The zero-order valence-electron chi connectivity index (χ0n) is 16.2. The Morgan fingerprint density at radius 3 is 2.52 bits per heavy atom. The Balaban J connectivity index is 1.19. The van der Waals surface area contributed by atoms with E-state index in [1.165, 1.54) is 74.4 Å². The van der Waals surface area contributed by atoms with Gasteiger partial charge in [0.05, 0.1) is 16.8 Å². The Morgan fingerprint density at radius 2 is 1.78 bits per heavy atom. The molecule has 2 saturated heterocycles. The van der Waals surface area contributed by atoms with Crippen molar-refractivity contribution in [2.75, 3.05) is 26.2 Å². The van der Waals surface area contributed by atoms with Crippen LogP contribution in [0, 0.1) is 0 Å². The van der Waals surface area contributed by atoms with Crippen molar-refractivity contribution < 1.29 is 4.74 Å². The highest BCUT2D eigenvalue weighted by atomic mass is 32.1. The molecular formula is C22H31N3OS. The zero-order chi connectivity index (χ0) is 18.1. The Morgan fingerprint density at radius 1 is 0.963 bits per heavy atom. The molecule has 146 valence electrons. The molecule has 5 rings (SSSR count). The van der Waals surface area contributed by atoms with Crippen molar-refractivity contribution in [3.8, 4) is 5.75 Å². The van der Waals surface area contributed by atoms with Gasteiger partial charge in [-0.1, -0.05) is 12.8 Å². The summed E-state index contributed by atoms with van der Waals surface area (Å²) in [6, 6.07) is 7.35. The van der Waals surface area contributed by atoms with Crippen molar-refractivity contribution in [3.63, 3.8) is 0 Å². The van der Waals surface area contributed by atoms with Gasteiger partial charge in [0, 0.05) is 19.1 Å². The van der Waals surface area contributed by atoms with Crippen LogP contribution in [0.15, 0.2) is 18.2 Å². The number of rotatable bonds is 5. The summed E-state index contributed by atoms with van der Waals surface area (Å²) in [5.41, 5.74) is 1.12. The highest BCUT2D eigenvalue weighted by Crippen LogP contribution is 2.31. The molecule has 0 unspecified atom stereocenters. The molecule has 3 heterocycles. The van der Waals surface area contributed by atoms with Gasteiger partial charge in [0.25, 0.3) is 0 Å². The van der Waals surface area contributed by atoms with Crippen LogP contribution in [0.1, 0.15) is 56.4 Å². The third kappa shape index (κ3) is 4.15. The number of thiazole rings is 1. The van der Waals surface area contributed by atoms with E-state index in [-0.39, 0.29) is 0 Å². The lowest BCUT2D eigenvalue weighted by Crippen LogP contribution is -2.46. The number of likely N-dealkylation sites (tertiary alicyclic amines) is 2. The Labute approximate surface area is 166 Å². The number of benzene rings is 1. The molecule has 1 saturated carbocycles. The molecule has 4 nitrogen and oxygen atoms in total. The molecule has 1 aromatic carbocycles. The molecule has 2 aromatic rings. The van der Waals surface area contributed by atoms with Gasteiger partial charge in [-0.3, -0.25) is 4.90 Å². The summed E-state index contributed by atoms with van der Waals surface area (Å²) in [5, 5.41) is 1.25. The summed E-state index contributed by atoms with van der Waals surface area (Å²) in [6.07, 6.45) is 11.0. The smallest absolute Gasteiger partial charge is 0.121 e. The minimum atomic E-state index is 0.375. The summed E-state index contributed by atoms with van der Waals surface area (Å²) in [5.74, 6) is 1.03. The first kappa shape index (κ1) is 17.9. The van der Waals surface area contributed by atoms with E-state index in [0.29, 0.717) is 6.10 Å². The average molecular weight is 386 g/mol. The van der Waals surface area contributed by atoms with Crippen molar-refractivity contribution in [2.24, 2.45) is 0 Å². The largest absolute Gasteiger partial charge is 0.490 e. The Kier molecular flexibility index (Phi) is 5.34. The normalized spacial score (nSPS) is 23.6. The SMILES string of the molecule is c1cc2nc(CN3CCCCC3)sc2cc1OC1CCN(C2CCC2)CC1. The quantitative estimate of drug-likeness (QED) is 0.747. The highest BCUT2D eigenvalue weighted by molar-refractivity contribution is 7.18. The molecule has 0 amide bonds. The summed E-state index contributed by atoms with van der Waals surface area (Å²) in [4.78, 5) is 10.1. The van der Waals surface area contributed by atoms with Crippen molar-refractivity contribution in [1.29, 1.82) is 0 Å². The van der Waals surface area contributed by atoms with Gasteiger partial charge < -0.3 is 9.64 Å². The first-order valence-electron chi connectivity index (χ1n) is 10.9. The molecule has 1 aliphatic carbocycles. The molecule has 2 aliphatic heterocycles. The molecule has 3 aliphatic rings. The maximum absolute atomic E-state index is 6.34. The number of fused-ring (bicyclic) bond motifs is 1. The number of aromatic nitrogens is 1. The summed E-state index contributed by atoms with van der Waals surface area (Å²) >= 11 is 1.84. The zero-order valence-corrected chi connectivity index (χ0v) is 17.1. The monoisotopic (exact) mass is 385 g/mol. The van der Waals surface area contributed by atoms with Crippen LogP contribution in [0.5, 0.6) is 5.75 Å². The highest BCUT2D eigenvalue weighted by Gasteiger charge is 2.29. The summed E-state index contributed by atoms with van der Waals surface area (Å²) in [6.45, 7) is 5.87. The third-order valence-corrected chi connectivity index (χ3v) is 7.59. The minimum absolute atomic E-state index is 0.375. The van der Waals surface area contributed by atoms with Gasteiger partial charge >= 0.3 is 0 Å². The molecule has 0 bridgehead atoms. The van der Waals surface area contributed by atoms with E-state index in [9.17, 15) is 0 Å². The van der Waals surface area contributed by atoms with E-state index in [4.69, 9.17) is 9.72 Å². The van der Waals surface area contributed by atoms with Crippen LogP contribution in [0.2, 0.25) is 0 Å². The fourth-order valence-electron chi connectivity index (χ4n) is 4.71. The van der Waals surface area contributed by atoms with Crippen LogP contribution in [0.25, 0.3) is 10.2 Å². The van der Waals surface area contributed by atoms with Crippen molar-refractivity contribution in [1.82, 2.24) is 14.8 Å². The lowest BCUT2D eigenvalue weighted by atomic mass is 9.90. The molecule has 27 heavy (non-hydrogen) atoms. The van der Waals surface area contributed by atoms with Gasteiger partial charge in [-0.15, -0.1) is 11.3 Å². The van der Waals surface area contributed by atoms with Crippen LogP contribution in [-0.4, -0.2) is 53.1 Å². The predicted octanol–water partition coefficient (Wildman–Crippen LogP) is 4.68. The van der Waals surface area contributed by atoms with Gasteiger partial charge in [-0.25, -0.2) is 4.98 Å². The Bertz CT molecular complexity index is 758. The molecule has 3 fully saturated rings. The van der Waals surface area contributed by atoms with Crippen LogP contribution < -0.4 is 4.74 Å². The lowest BCUT2D eigenvalue weighted by Gasteiger charge is -2.41. The lowest BCUT2D eigenvalue weighted by molar-refractivity contribution is 0.0494. The van der Waals surface area contributed by atoms with E-state index in [2.05, 4.69) is 28.0 Å². The predicted molar refractivity (Wildman–Crippen MR) is 112 cm³/mol. The Hall–Kier alpha value is -1.17. The third-order valence-electron chi connectivity index (χ3n) is 6.58. The van der Waals surface area contributed by atoms with Gasteiger partial charge in [-0.2, -0.15) is 0 Å². The summed E-state index contributed by atoms with van der Waals surface area (Å²) in [7, 11) is 0. The molecular weight excluding hydrogens is 354 g/mol. The van der Waals surface area contributed by atoms with Gasteiger partial charge in [0.15, 0.2) is 0 Å². The molecule has 0 radical (unpaired) electrons. The molecule has 1 aromatic heterocycles. The standard InChI is InChI=1S/C22H31N3OS/c1-2-11-24(12-3-1)16-22-23-20-8-7-19(15-21(20)27-22)26-18-9-13-25(14-10-18)17-5-4-6-17/h7-8,15,17-18H,1-6,9-14,16H2. The average Bonchev–Trinajstić information content (AvgIpc) is 3.04. The van der Waals surface area contributed by atoms with E-state index in [1.54, 1.807) is 0 Å². The van der Waals surface area contributed by atoms with Gasteiger partial charge in [0.2, 0.25) is 0 Å². The van der Waals surface area contributed by atoms with E-state index >= 15 is 0 Å². The molecule has 0 atom stereocenters. The number of ether oxygens (including phenoxy) is 1. The van der Waals surface area contributed by atoms with Crippen molar-refractivity contribution in [2.45, 2.75) is 70.1 Å². The second kappa shape index (κ2) is 8.06. The van der Waals surface area contributed by atoms with E-state index in [1.807, 2.05) is 11.3 Å². The molecule has 5 heteroatoms.